The van der Waals surface area contributed by atoms with E-state index in [2.05, 4.69) is 4.90 Å². The van der Waals surface area contributed by atoms with Crippen molar-refractivity contribution in [1.29, 1.82) is 0 Å². The summed E-state index contributed by atoms with van der Waals surface area (Å²) >= 11 is 0. The van der Waals surface area contributed by atoms with Gasteiger partial charge in [0.05, 0.1) is 19.6 Å². The summed E-state index contributed by atoms with van der Waals surface area (Å²) in [7, 11) is 3.30. The zero-order valence-electron chi connectivity index (χ0n) is 12.3. The summed E-state index contributed by atoms with van der Waals surface area (Å²) in [5.74, 6) is -0.0731. The maximum Gasteiger partial charge on any atom is 0.307 e. The number of carbonyl (C=O) groups is 1. The number of hydrogen-bond donors (Lipinski definition) is 0. The van der Waals surface area contributed by atoms with Crippen LogP contribution < -0.4 is 0 Å². The molecule has 3 atom stereocenters. The highest BCUT2D eigenvalue weighted by molar-refractivity contribution is 5.69. The fourth-order valence-corrected chi connectivity index (χ4v) is 3.63. The summed E-state index contributed by atoms with van der Waals surface area (Å²) in [5, 5.41) is 0. The Morgan fingerprint density at radius 1 is 1.16 bits per heavy atom. The molecule has 0 radical (unpaired) electrons. The standard InChI is InChI=1S/C15H27NO3/c1-18-14-8-5-7-12(10-14)16-9-4-3-6-13(16)11-15(17)19-2/h12-14H,3-11H2,1-2H3. The predicted octanol–water partition coefficient (Wildman–Crippen LogP) is 2.36. The Bertz CT molecular complexity index is 295. The van der Waals surface area contributed by atoms with E-state index in [0.717, 1.165) is 19.4 Å². The third kappa shape index (κ3) is 3.93. The molecule has 0 aromatic rings. The van der Waals surface area contributed by atoms with Crippen LogP contribution in [0.5, 0.6) is 0 Å². The summed E-state index contributed by atoms with van der Waals surface area (Å²) in [6.07, 6.45) is 9.36. The number of likely N-dealkylation sites (tertiary alicyclic amines) is 1. The van der Waals surface area contributed by atoms with E-state index in [0.29, 0.717) is 24.6 Å². The maximum absolute atomic E-state index is 11.6. The van der Waals surface area contributed by atoms with E-state index in [1.54, 1.807) is 0 Å². The summed E-state index contributed by atoms with van der Waals surface area (Å²) < 4.78 is 10.4. The lowest BCUT2D eigenvalue weighted by Gasteiger charge is -2.43. The topological polar surface area (TPSA) is 38.8 Å². The molecule has 0 aromatic heterocycles. The second-order valence-corrected chi connectivity index (χ2v) is 5.85. The molecular weight excluding hydrogens is 242 g/mol. The number of esters is 1. The minimum Gasteiger partial charge on any atom is -0.469 e. The highest BCUT2D eigenvalue weighted by Gasteiger charge is 2.33. The maximum atomic E-state index is 11.6. The first kappa shape index (κ1) is 14.8. The van der Waals surface area contributed by atoms with Gasteiger partial charge < -0.3 is 9.47 Å². The van der Waals surface area contributed by atoms with E-state index in [1.807, 2.05) is 7.11 Å². The SMILES string of the molecule is COC(=O)CC1CCCCN1C1CCCC(OC)C1. The summed E-state index contributed by atoms with van der Waals surface area (Å²) in [6, 6.07) is 0.968. The minimum absolute atomic E-state index is 0.0731. The third-order valence-electron chi connectivity index (χ3n) is 4.70. The highest BCUT2D eigenvalue weighted by atomic mass is 16.5. The molecule has 1 saturated carbocycles. The van der Waals surface area contributed by atoms with Crippen LogP contribution in [-0.2, 0) is 14.3 Å². The van der Waals surface area contributed by atoms with E-state index in [4.69, 9.17) is 9.47 Å². The lowest BCUT2D eigenvalue weighted by molar-refractivity contribution is -0.142. The molecular formula is C15H27NO3. The van der Waals surface area contributed by atoms with Gasteiger partial charge >= 0.3 is 5.97 Å². The smallest absolute Gasteiger partial charge is 0.307 e. The minimum atomic E-state index is -0.0731. The quantitative estimate of drug-likeness (QED) is 0.734. The highest BCUT2D eigenvalue weighted by Crippen LogP contribution is 2.30. The van der Waals surface area contributed by atoms with Gasteiger partial charge in [-0.2, -0.15) is 0 Å². The van der Waals surface area contributed by atoms with Crippen molar-refractivity contribution in [3.05, 3.63) is 0 Å². The predicted molar refractivity (Wildman–Crippen MR) is 74.0 cm³/mol. The van der Waals surface area contributed by atoms with Gasteiger partial charge in [0.25, 0.3) is 0 Å². The molecule has 2 fully saturated rings. The Kier molecular flexibility index (Phi) is 5.64. The Balaban J connectivity index is 1.96. The molecule has 0 bridgehead atoms. The molecule has 2 aliphatic rings. The van der Waals surface area contributed by atoms with Gasteiger partial charge in [-0.05, 0) is 45.1 Å². The van der Waals surface area contributed by atoms with Crippen LogP contribution in [0.15, 0.2) is 0 Å². The average molecular weight is 269 g/mol. The van der Waals surface area contributed by atoms with Crippen LogP contribution in [0.3, 0.4) is 0 Å². The molecule has 110 valence electrons. The van der Waals surface area contributed by atoms with E-state index in [9.17, 15) is 4.79 Å². The van der Waals surface area contributed by atoms with Crippen LogP contribution in [0.25, 0.3) is 0 Å². The first-order chi connectivity index (χ1) is 9.24. The Morgan fingerprint density at radius 2 is 2.00 bits per heavy atom. The number of rotatable bonds is 4. The number of nitrogens with zero attached hydrogens (tertiary/aromatic N) is 1. The van der Waals surface area contributed by atoms with Gasteiger partial charge in [0.1, 0.15) is 0 Å². The third-order valence-corrected chi connectivity index (χ3v) is 4.70. The van der Waals surface area contributed by atoms with Crippen molar-refractivity contribution < 1.29 is 14.3 Å². The molecule has 0 aromatic carbocycles. The largest absolute Gasteiger partial charge is 0.469 e. The lowest BCUT2D eigenvalue weighted by atomic mass is 9.88. The molecule has 1 heterocycles. The summed E-state index contributed by atoms with van der Waals surface area (Å²) in [4.78, 5) is 14.1. The molecule has 2 rings (SSSR count). The average Bonchev–Trinajstić information content (AvgIpc) is 2.47. The molecule has 0 amide bonds. The molecule has 4 nitrogen and oxygen atoms in total. The molecule has 1 saturated heterocycles. The normalized spacial score (nSPS) is 33.1. The van der Waals surface area contributed by atoms with Gasteiger partial charge in [-0.15, -0.1) is 0 Å². The zero-order valence-corrected chi connectivity index (χ0v) is 12.3. The fraction of sp³-hybridized carbons (Fsp3) is 0.933. The number of piperidine rings is 1. The molecule has 19 heavy (non-hydrogen) atoms. The first-order valence-corrected chi connectivity index (χ1v) is 7.60. The molecule has 1 aliphatic heterocycles. The van der Waals surface area contributed by atoms with Crippen LogP contribution in [-0.4, -0.2) is 49.8 Å². The van der Waals surface area contributed by atoms with Crippen LogP contribution in [0.1, 0.15) is 51.4 Å². The zero-order chi connectivity index (χ0) is 13.7. The number of methoxy groups -OCH3 is 2. The first-order valence-electron chi connectivity index (χ1n) is 7.60. The molecule has 4 heteroatoms. The fourth-order valence-electron chi connectivity index (χ4n) is 3.63. The van der Waals surface area contributed by atoms with Gasteiger partial charge in [0.15, 0.2) is 0 Å². The van der Waals surface area contributed by atoms with Crippen molar-refractivity contribution in [3.63, 3.8) is 0 Å². The van der Waals surface area contributed by atoms with Gasteiger partial charge in [-0.1, -0.05) is 6.42 Å². The van der Waals surface area contributed by atoms with E-state index in [-0.39, 0.29) is 5.97 Å². The molecule has 0 N–H and O–H groups in total. The van der Waals surface area contributed by atoms with Crippen molar-refractivity contribution >= 4 is 5.97 Å². The number of carbonyl (C=O) groups excluding carboxylic acids is 1. The number of ether oxygens (including phenoxy) is 2. The Hall–Kier alpha value is -0.610. The lowest BCUT2D eigenvalue weighted by Crippen LogP contribution is -2.49. The Labute approximate surface area is 116 Å². The van der Waals surface area contributed by atoms with Gasteiger partial charge in [0, 0.05) is 19.2 Å². The van der Waals surface area contributed by atoms with E-state index in [1.165, 1.54) is 39.2 Å². The summed E-state index contributed by atoms with van der Waals surface area (Å²) in [6.45, 7) is 1.13. The van der Waals surface area contributed by atoms with Crippen molar-refractivity contribution in [3.8, 4) is 0 Å². The van der Waals surface area contributed by atoms with Gasteiger partial charge in [0.2, 0.25) is 0 Å². The van der Waals surface area contributed by atoms with Crippen LogP contribution in [0, 0.1) is 0 Å². The van der Waals surface area contributed by atoms with Crippen molar-refractivity contribution in [1.82, 2.24) is 4.90 Å². The van der Waals surface area contributed by atoms with E-state index >= 15 is 0 Å². The van der Waals surface area contributed by atoms with Gasteiger partial charge in [-0.25, -0.2) is 0 Å². The Morgan fingerprint density at radius 3 is 2.74 bits per heavy atom. The van der Waals surface area contributed by atoms with Crippen LogP contribution >= 0.6 is 0 Å². The number of hydrogen-bond acceptors (Lipinski definition) is 4. The van der Waals surface area contributed by atoms with Gasteiger partial charge in [-0.3, -0.25) is 9.69 Å². The van der Waals surface area contributed by atoms with E-state index < -0.39 is 0 Å². The van der Waals surface area contributed by atoms with Crippen molar-refractivity contribution in [2.24, 2.45) is 0 Å². The van der Waals surface area contributed by atoms with Crippen molar-refractivity contribution in [2.75, 3.05) is 20.8 Å². The molecule has 3 unspecified atom stereocenters. The molecule has 0 spiro atoms. The summed E-state index contributed by atoms with van der Waals surface area (Å²) in [5.41, 5.74) is 0. The van der Waals surface area contributed by atoms with Crippen LogP contribution in [0.4, 0.5) is 0 Å². The molecule has 1 aliphatic carbocycles. The second-order valence-electron chi connectivity index (χ2n) is 5.85. The van der Waals surface area contributed by atoms with Crippen molar-refractivity contribution in [2.45, 2.75) is 69.6 Å². The second kappa shape index (κ2) is 7.25. The monoisotopic (exact) mass is 269 g/mol. The van der Waals surface area contributed by atoms with Crippen LogP contribution in [0.2, 0.25) is 0 Å².